The second-order valence-corrected chi connectivity index (χ2v) is 9.83. The maximum absolute atomic E-state index is 12.4. The lowest BCUT2D eigenvalue weighted by Gasteiger charge is -2.60. The monoisotopic (exact) mass is 358 g/mol. The lowest BCUT2D eigenvalue weighted by atomic mass is 9.46. The predicted molar refractivity (Wildman–Crippen MR) is 102 cm³/mol. The Labute approximate surface area is 157 Å². The van der Waals surface area contributed by atoms with E-state index in [1.165, 1.54) is 12.0 Å². The molecule has 0 aromatic heterocycles. The van der Waals surface area contributed by atoms with E-state index in [2.05, 4.69) is 20.8 Å². The van der Waals surface area contributed by atoms with Crippen molar-refractivity contribution in [2.45, 2.75) is 78.7 Å². The molecule has 0 spiro atoms. The van der Waals surface area contributed by atoms with Crippen molar-refractivity contribution in [1.82, 2.24) is 0 Å². The fourth-order valence-electron chi connectivity index (χ4n) is 7.69. The van der Waals surface area contributed by atoms with E-state index in [1.54, 1.807) is 6.92 Å². The zero-order valence-corrected chi connectivity index (χ0v) is 16.8. The molecule has 0 heterocycles. The first-order valence-electron chi connectivity index (χ1n) is 10.7. The summed E-state index contributed by atoms with van der Waals surface area (Å²) in [4.78, 5) is 24.4. The quantitative estimate of drug-likeness (QED) is 0.732. The molecule has 144 valence electrons. The minimum absolute atomic E-state index is 0.0922. The topological polar surface area (TPSA) is 43.4 Å². The Bertz CT molecular complexity index is 650. The number of hydrogen-bond acceptors (Lipinski definition) is 3. The smallest absolute Gasteiger partial charge is 0.155 e. The number of hydrogen-bond donors (Lipinski definition) is 0. The summed E-state index contributed by atoms with van der Waals surface area (Å²) >= 11 is 0. The maximum atomic E-state index is 12.4. The highest BCUT2D eigenvalue weighted by Gasteiger charge is 2.63. The second kappa shape index (κ2) is 6.29. The van der Waals surface area contributed by atoms with Crippen molar-refractivity contribution in [3.8, 4) is 0 Å². The number of rotatable bonds is 3. The van der Waals surface area contributed by atoms with Crippen molar-refractivity contribution in [3.63, 3.8) is 0 Å². The summed E-state index contributed by atoms with van der Waals surface area (Å²) in [6.07, 6.45) is 9.30. The van der Waals surface area contributed by atoms with Crippen molar-refractivity contribution in [3.05, 3.63) is 11.6 Å². The number of fused-ring (bicyclic) bond motifs is 5. The summed E-state index contributed by atoms with van der Waals surface area (Å²) in [5.74, 6) is 2.64. The van der Waals surface area contributed by atoms with Crippen LogP contribution in [0, 0.1) is 34.5 Å². The van der Waals surface area contributed by atoms with Crippen molar-refractivity contribution in [2.24, 2.45) is 34.5 Å². The molecule has 0 radical (unpaired) electrons. The number of carbonyl (C=O) groups excluding carboxylic acids is 2. The van der Waals surface area contributed by atoms with E-state index in [4.69, 9.17) is 4.74 Å². The molecule has 4 aliphatic rings. The normalized spacial score (nSPS) is 47.6. The highest BCUT2D eigenvalue weighted by molar-refractivity contribution is 5.91. The molecule has 3 saturated carbocycles. The van der Waals surface area contributed by atoms with Gasteiger partial charge >= 0.3 is 0 Å². The fourth-order valence-corrected chi connectivity index (χ4v) is 7.69. The third-order valence-corrected chi connectivity index (χ3v) is 8.74. The van der Waals surface area contributed by atoms with Crippen LogP contribution in [0.4, 0.5) is 0 Å². The Morgan fingerprint density at radius 2 is 2.00 bits per heavy atom. The molecule has 0 aromatic rings. The van der Waals surface area contributed by atoms with Gasteiger partial charge in [-0.2, -0.15) is 0 Å². The van der Waals surface area contributed by atoms with E-state index in [-0.39, 0.29) is 22.9 Å². The molecule has 0 saturated heterocycles. The van der Waals surface area contributed by atoms with Gasteiger partial charge in [-0.3, -0.25) is 9.59 Å². The molecule has 7 atom stereocenters. The molecule has 3 nitrogen and oxygen atoms in total. The van der Waals surface area contributed by atoms with Gasteiger partial charge in [0.1, 0.15) is 5.78 Å². The zero-order chi connectivity index (χ0) is 18.7. The Morgan fingerprint density at radius 3 is 2.69 bits per heavy atom. The van der Waals surface area contributed by atoms with E-state index in [9.17, 15) is 9.59 Å². The van der Waals surface area contributed by atoms with Gasteiger partial charge in [0.05, 0.1) is 6.10 Å². The van der Waals surface area contributed by atoms with Crippen LogP contribution in [0.25, 0.3) is 0 Å². The molecule has 3 fully saturated rings. The minimum Gasteiger partial charge on any atom is -0.378 e. The van der Waals surface area contributed by atoms with E-state index in [0.717, 1.165) is 38.7 Å². The molecule has 0 unspecified atom stereocenters. The predicted octanol–water partition coefficient (Wildman–Crippen LogP) is 4.74. The Hall–Kier alpha value is -0.960. The summed E-state index contributed by atoms with van der Waals surface area (Å²) in [5, 5.41) is 0. The number of allylic oxidation sites excluding steroid dienone is 1. The molecule has 4 rings (SSSR count). The molecule has 0 bridgehead atoms. The van der Waals surface area contributed by atoms with Gasteiger partial charge in [0.15, 0.2) is 5.78 Å². The summed E-state index contributed by atoms with van der Waals surface area (Å²) < 4.78 is 6.37. The fraction of sp³-hybridized carbons (Fsp3) is 0.826. The van der Waals surface area contributed by atoms with Crippen LogP contribution in [0.2, 0.25) is 0 Å². The van der Waals surface area contributed by atoms with Crippen LogP contribution in [0.5, 0.6) is 0 Å². The van der Waals surface area contributed by atoms with Crippen molar-refractivity contribution in [2.75, 3.05) is 6.61 Å². The number of ketones is 2. The van der Waals surface area contributed by atoms with Crippen LogP contribution >= 0.6 is 0 Å². The molecular weight excluding hydrogens is 324 g/mol. The van der Waals surface area contributed by atoms with E-state index >= 15 is 0 Å². The van der Waals surface area contributed by atoms with Gasteiger partial charge in [0.25, 0.3) is 0 Å². The number of carbonyl (C=O) groups is 2. The van der Waals surface area contributed by atoms with Crippen molar-refractivity contribution >= 4 is 11.6 Å². The first-order chi connectivity index (χ1) is 12.3. The Balaban J connectivity index is 1.75. The van der Waals surface area contributed by atoms with Crippen LogP contribution in [0.3, 0.4) is 0 Å². The van der Waals surface area contributed by atoms with Crippen LogP contribution in [-0.4, -0.2) is 24.3 Å². The highest BCUT2D eigenvalue weighted by atomic mass is 16.5. The Morgan fingerprint density at radius 1 is 1.23 bits per heavy atom. The van der Waals surface area contributed by atoms with Gasteiger partial charge in [0, 0.05) is 18.9 Å². The Kier molecular flexibility index (Phi) is 4.45. The van der Waals surface area contributed by atoms with Gasteiger partial charge in [-0.15, -0.1) is 0 Å². The molecule has 4 aliphatic carbocycles. The first-order valence-corrected chi connectivity index (χ1v) is 10.7. The van der Waals surface area contributed by atoms with Crippen molar-refractivity contribution < 1.29 is 14.3 Å². The lowest BCUT2D eigenvalue weighted by Crippen LogP contribution is -2.57. The van der Waals surface area contributed by atoms with Crippen LogP contribution in [0.1, 0.15) is 72.6 Å². The summed E-state index contributed by atoms with van der Waals surface area (Å²) in [6.45, 7) is 9.38. The van der Waals surface area contributed by atoms with Gasteiger partial charge in [-0.25, -0.2) is 0 Å². The SMILES string of the molecule is CCO[C@@H]1C[C@]2(C)[C@@H](C(C)=O)CC[C@H]2[C@@H]2CCC3=CC(=O)CC[C@]3(C)[C@H]21. The van der Waals surface area contributed by atoms with E-state index in [1.807, 2.05) is 6.08 Å². The van der Waals surface area contributed by atoms with Gasteiger partial charge in [0.2, 0.25) is 0 Å². The van der Waals surface area contributed by atoms with E-state index in [0.29, 0.717) is 35.7 Å². The molecular formula is C23H34O3. The lowest BCUT2D eigenvalue weighted by molar-refractivity contribution is -0.156. The zero-order valence-electron chi connectivity index (χ0n) is 16.8. The molecule has 3 heteroatoms. The number of ether oxygens (including phenoxy) is 1. The van der Waals surface area contributed by atoms with E-state index < -0.39 is 0 Å². The van der Waals surface area contributed by atoms with Gasteiger partial charge < -0.3 is 4.74 Å². The summed E-state index contributed by atoms with van der Waals surface area (Å²) in [7, 11) is 0. The molecule has 0 aromatic carbocycles. The van der Waals surface area contributed by atoms with Crippen LogP contribution in [0.15, 0.2) is 11.6 Å². The van der Waals surface area contributed by atoms with Gasteiger partial charge in [-0.05, 0) is 87.0 Å². The average Bonchev–Trinajstić information content (AvgIpc) is 2.92. The molecule has 0 amide bonds. The minimum atomic E-state index is 0.0922. The standard InChI is InChI=1S/C23H34O3/c1-5-26-20-13-23(4)18(14(2)24)8-9-19(23)17-7-6-15-12-16(25)10-11-22(15,3)21(17)20/h12,17-21H,5-11,13H2,1-4H3/t17-,18+,19-,20+,21+,22-,23+/m0/s1. The van der Waals surface area contributed by atoms with Crippen molar-refractivity contribution in [1.29, 1.82) is 0 Å². The third kappa shape index (κ3) is 2.49. The van der Waals surface area contributed by atoms with Crippen LogP contribution < -0.4 is 0 Å². The summed E-state index contributed by atoms with van der Waals surface area (Å²) in [5.41, 5.74) is 1.57. The number of Topliss-reactive ketones (excluding diaryl/α,β-unsaturated/α-hetero) is 1. The van der Waals surface area contributed by atoms with Crippen LogP contribution in [-0.2, 0) is 14.3 Å². The highest BCUT2D eigenvalue weighted by Crippen LogP contribution is 2.67. The third-order valence-electron chi connectivity index (χ3n) is 8.74. The van der Waals surface area contributed by atoms with Gasteiger partial charge in [-0.1, -0.05) is 19.4 Å². The molecule has 26 heavy (non-hydrogen) atoms. The summed E-state index contributed by atoms with van der Waals surface area (Å²) in [6, 6.07) is 0. The molecule has 0 aliphatic heterocycles. The molecule has 0 N–H and O–H groups in total. The second-order valence-electron chi connectivity index (χ2n) is 9.83. The first kappa shape index (κ1) is 18.4. The average molecular weight is 359 g/mol. The maximum Gasteiger partial charge on any atom is 0.155 e. The largest absolute Gasteiger partial charge is 0.378 e.